The Labute approximate surface area is 235 Å². The molecule has 0 radical (unpaired) electrons. The van der Waals surface area contributed by atoms with E-state index in [4.69, 9.17) is 18.6 Å². The molecule has 0 saturated heterocycles. The van der Waals surface area contributed by atoms with E-state index in [1.165, 1.54) is 12.0 Å². The van der Waals surface area contributed by atoms with E-state index < -0.39 is 17.9 Å². The lowest BCUT2D eigenvalue weighted by molar-refractivity contribution is 0.0531. The van der Waals surface area contributed by atoms with Gasteiger partial charge in [-0.15, -0.1) is 0 Å². The molecule has 2 aromatic carbocycles. The van der Waals surface area contributed by atoms with Crippen molar-refractivity contribution in [3.05, 3.63) is 79.6 Å². The van der Waals surface area contributed by atoms with Crippen molar-refractivity contribution in [3.8, 4) is 11.5 Å². The number of aromatic nitrogens is 1. The highest BCUT2D eigenvalue weighted by molar-refractivity contribution is 7.17. The van der Waals surface area contributed by atoms with Gasteiger partial charge in [-0.2, -0.15) is 0 Å². The molecular formula is C30H30N2O7S. The molecular weight excluding hydrogens is 532 g/mol. The molecule has 2 aromatic heterocycles. The quantitative estimate of drug-likeness (QED) is 0.247. The molecule has 3 heterocycles. The first-order valence-electron chi connectivity index (χ1n) is 13.0. The molecule has 1 aliphatic heterocycles. The van der Waals surface area contributed by atoms with Crippen LogP contribution in [0.1, 0.15) is 69.4 Å². The van der Waals surface area contributed by atoms with Gasteiger partial charge < -0.3 is 18.6 Å². The molecule has 0 saturated carbocycles. The van der Waals surface area contributed by atoms with E-state index in [-0.39, 0.29) is 33.4 Å². The number of esters is 1. The van der Waals surface area contributed by atoms with E-state index in [1.807, 2.05) is 26.8 Å². The van der Waals surface area contributed by atoms with E-state index in [0.717, 1.165) is 16.9 Å². The highest BCUT2D eigenvalue weighted by atomic mass is 32.1. The SMILES string of the molecule is CCOC(=O)c1sc(N2C(=O)c3oc4ccc(C)cc4c(=O)c3C2c2ccc(OCC(C)C)c(OC)c2)nc1C. The summed E-state index contributed by atoms with van der Waals surface area (Å²) >= 11 is 1.03. The van der Waals surface area contributed by atoms with E-state index in [1.54, 1.807) is 44.2 Å². The molecule has 0 aliphatic carbocycles. The van der Waals surface area contributed by atoms with Crippen LogP contribution in [-0.2, 0) is 4.74 Å². The van der Waals surface area contributed by atoms with E-state index in [2.05, 4.69) is 4.98 Å². The number of hydrogen-bond acceptors (Lipinski definition) is 9. The first-order chi connectivity index (χ1) is 19.1. The summed E-state index contributed by atoms with van der Waals surface area (Å²) in [6.07, 6.45) is 0. The average Bonchev–Trinajstić information content (AvgIpc) is 3.45. The van der Waals surface area contributed by atoms with Gasteiger partial charge in [0.2, 0.25) is 5.76 Å². The number of anilines is 1. The number of thiazole rings is 1. The van der Waals surface area contributed by atoms with Gasteiger partial charge in [-0.05, 0) is 56.5 Å². The fraction of sp³-hybridized carbons (Fsp3) is 0.333. The molecule has 0 N–H and O–H groups in total. The predicted molar refractivity (Wildman–Crippen MR) is 152 cm³/mol. The maximum absolute atomic E-state index is 14.0. The van der Waals surface area contributed by atoms with E-state index in [0.29, 0.717) is 46.3 Å². The largest absolute Gasteiger partial charge is 0.493 e. The van der Waals surface area contributed by atoms with Crippen LogP contribution in [0.3, 0.4) is 0 Å². The molecule has 5 rings (SSSR count). The molecule has 40 heavy (non-hydrogen) atoms. The van der Waals surface area contributed by atoms with Gasteiger partial charge in [0.15, 0.2) is 22.1 Å². The number of methoxy groups -OCH3 is 1. The first kappa shape index (κ1) is 27.4. The van der Waals surface area contributed by atoms with Gasteiger partial charge in [-0.25, -0.2) is 9.78 Å². The lowest BCUT2D eigenvalue weighted by Crippen LogP contribution is -2.29. The molecule has 0 fully saturated rings. The minimum atomic E-state index is -0.877. The van der Waals surface area contributed by atoms with Crippen molar-refractivity contribution < 1.29 is 28.2 Å². The Morgan fingerprint density at radius 2 is 1.90 bits per heavy atom. The lowest BCUT2D eigenvalue weighted by Gasteiger charge is -2.23. The Hall–Kier alpha value is -4.18. The zero-order valence-corrected chi connectivity index (χ0v) is 24.0. The number of rotatable bonds is 8. The highest BCUT2D eigenvalue weighted by Gasteiger charge is 2.45. The van der Waals surface area contributed by atoms with Crippen molar-refractivity contribution >= 4 is 39.3 Å². The molecule has 4 aromatic rings. The average molecular weight is 563 g/mol. The number of ether oxygens (including phenoxy) is 3. The molecule has 0 spiro atoms. The number of fused-ring (bicyclic) bond motifs is 2. The fourth-order valence-electron chi connectivity index (χ4n) is 4.70. The fourth-order valence-corrected chi connectivity index (χ4v) is 5.69. The van der Waals surface area contributed by atoms with Crippen LogP contribution < -0.4 is 19.8 Å². The van der Waals surface area contributed by atoms with Crippen LogP contribution >= 0.6 is 11.3 Å². The Balaban J connectivity index is 1.72. The van der Waals surface area contributed by atoms with E-state index >= 15 is 0 Å². The zero-order chi connectivity index (χ0) is 28.7. The van der Waals surface area contributed by atoms with Gasteiger partial charge in [0, 0.05) is 0 Å². The smallest absolute Gasteiger partial charge is 0.350 e. The molecule has 208 valence electrons. The molecule has 1 unspecified atom stereocenters. The molecule has 10 heteroatoms. The maximum Gasteiger partial charge on any atom is 0.350 e. The lowest BCUT2D eigenvalue weighted by atomic mass is 9.98. The van der Waals surface area contributed by atoms with Crippen molar-refractivity contribution in [2.45, 2.75) is 40.7 Å². The summed E-state index contributed by atoms with van der Waals surface area (Å²) in [5.41, 5.74) is 2.13. The normalized spacial score (nSPS) is 14.6. The van der Waals surface area contributed by atoms with Crippen LogP contribution in [0.15, 0.2) is 45.6 Å². The second kappa shape index (κ2) is 10.8. The van der Waals surface area contributed by atoms with Crippen LogP contribution in [0.2, 0.25) is 0 Å². The molecule has 1 atom stereocenters. The molecule has 1 aliphatic rings. The summed E-state index contributed by atoms with van der Waals surface area (Å²) < 4.78 is 22.8. The van der Waals surface area contributed by atoms with Crippen molar-refractivity contribution in [2.24, 2.45) is 5.92 Å². The van der Waals surface area contributed by atoms with Crippen molar-refractivity contribution in [3.63, 3.8) is 0 Å². The summed E-state index contributed by atoms with van der Waals surface area (Å²) in [6, 6.07) is 9.70. The van der Waals surface area contributed by atoms with Crippen LogP contribution in [0, 0.1) is 19.8 Å². The number of nitrogens with zero attached hydrogens (tertiary/aromatic N) is 2. The summed E-state index contributed by atoms with van der Waals surface area (Å²) in [5.74, 6) is 0.212. The van der Waals surface area contributed by atoms with Gasteiger partial charge in [-0.3, -0.25) is 14.5 Å². The summed E-state index contributed by atoms with van der Waals surface area (Å²) in [7, 11) is 1.54. The third-order valence-electron chi connectivity index (χ3n) is 6.55. The maximum atomic E-state index is 14.0. The number of carbonyl (C=O) groups is 2. The van der Waals surface area contributed by atoms with Crippen LogP contribution in [0.5, 0.6) is 11.5 Å². The number of hydrogen-bond donors (Lipinski definition) is 0. The van der Waals surface area contributed by atoms with Gasteiger partial charge in [-0.1, -0.05) is 42.9 Å². The van der Waals surface area contributed by atoms with E-state index in [9.17, 15) is 14.4 Å². The number of amides is 1. The van der Waals surface area contributed by atoms with Gasteiger partial charge in [0.25, 0.3) is 5.91 Å². The van der Waals surface area contributed by atoms with Crippen LogP contribution in [0.25, 0.3) is 11.0 Å². The van der Waals surface area contributed by atoms with Crippen molar-refractivity contribution in [1.82, 2.24) is 4.98 Å². The van der Waals surface area contributed by atoms with Crippen molar-refractivity contribution in [2.75, 3.05) is 25.2 Å². The summed E-state index contributed by atoms with van der Waals surface area (Å²) in [5, 5.41) is 0.630. The highest BCUT2D eigenvalue weighted by Crippen LogP contribution is 2.45. The van der Waals surface area contributed by atoms with Gasteiger partial charge in [0.1, 0.15) is 10.5 Å². The molecule has 0 bridgehead atoms. The Kier molecular flexibility index (Phi) is 7.37. The minimum absolute atomic E-state index is 0.0593. The third-order valence-corrected chi connectivity index (χ3v) is 7.69. The second-order valence-corrected chi connectivity index (χ2v) is 11.0. The van der Waals surface area contributed by atoms with Crippen molar-refractivity contribution in [1.29, 1.82) is 0 Å². The minimum Gasteiger partial charge on any atom is -0.493 e. The first-order valence-corrected chi connectivity index (χ1v) is 13.8. The third kappa shape index (κ3) is 4.72. The Bertz CT molecular complexity index is 1690. The summed E-state index contributed by atoms with van der Waals surface area (Å²) in [4.78, 5) is 46.7. The number of aryl methyl sites for hydroxylation is 2. The standard InChI is InChI=1S/C30H30N2O7S/c1-7-37-29(35)27-17(5)31-30(40-27)32-24(18-9-11-21(22(13-18)36-6)38-14-15(2)3)23-25(33)19-12-16(4)8-10-20(19)39-26(23)28(32)34/h8-13,15,24H,7,14H2,1-6H3. The van der Waals surface area contributed by atoms with Crippen LogP contribution in [-0.4, -0.2) is 37.2 Å². The second-order valence-electron chi connectivity index (χ2n) is 10.00. The Morgan fingerprint density at radius 1 is 1.12 bits per heavy atom. The van der Waals surface area contributed by atoms with Crippen LogP contribution in [0.4, 0.5) is 5.13 Å². The number of carbonyl (C=O) groups excluding carboxylic acids is 2. The van der Waals surface area contributed by atoms with Gasteiger partial charge in [0.05, 0.1) is 43.0 Å². The molecule has 9 nitrogen and oxygen atoms in total. The number of benzene rings is 2. The monoisotopic (exact) mass is 562 g/mol. The molecule has 1 amide bonds. The Morgan fingerprint density at radius 3 is 2.60 bits per heavy atom. The zero-order valence-electron chi connectivity index (χ0n) is 23.2. The topological polar surface area (TPSA) is 108 Å². The van der Waals surface area contributed by atoms with Gasteiger partial charge >= 0.3 is 5.97 Å². The predicted octanol–water partition coefficient (Wildman–Crippen LogP) is 5.84. The summed E-state index contributed by atoms with van der Waals surface area (Å²) in [6.45, 7) is 10.1.